The molecule has 0 saturated carbocycles. The van der Waals surface area contributed by atoms with Gasteiger partial charge in [-0.1, -0.05) is 23.7 Å². The number of hydrogen-bond donors (Lipinski definition) is 0. The Morgan fingerprint density at radius 3 is 2.59 bits per heavy atom. The maximum atomic E-state index is 13.0. The van der Waals surface area contributed by atoms with Gasteiger partial charge in [0, 0.05) is 22.7 Å². The van der Waals surface area contributed by atoms with Crippen molar-refractivity contribution in [3.63, 3.8) is 0 Å². The molecule has 2 amide bonds. The minimum absolute atomic E-state index is 0.0606. The van der Waals surface area contributed by atoms with E-state index in [1.54, 1.807) is 12.1 Å². The summed E-state index contributed by atoms with van der Waals surface area (Å²) in [6.07, 6.45) is -3.10. The molecule has 2 aromatic carbocycles. The average molecular weight is 508 g/mol. The highest BCUT2D eigenvalue weighted by molar-refractivity contribution is 8.18. The van der Waals surface area contributed by atoms with Crippen molar-refractivity contribution in [3.05, 3.63) is 75.3 Å². The van der Waals surface area contributed by atoms with Crippen LogP contribution in [0.1, 0.15) is 16.9 Å². The lowest BCUT2D eigenvalue weighted by Crippen LogP contribution is -2.27. The van der Waals surface area contributed by atoms with Crippen molar-refractivity contribution in [1.29, 1.82) is 0 Å². The highest BCUT2D eigenvalue weighted by atomic mass is 35.5. The summed E-state index contributed by atoms with van der Waals surface area (Å²) in [6, 6.07) is 10.9. The van der Waals surface area contributed by atoms with E-state index in [1.165, 1.54) is 30.3 Å². The van der Waals surface area contributed by atoms with Crippen molar-refractivity contribution in [1.82, 2.24) is 4.90 Å². The predicted octanol–water partition coefficient (Wildman–Crippen LogP) is 6.58. The molecule has 0 aliphatic carbocycles. The molecule has 3 aromatic rings. The molecule has 1 fully saturated rings. The average Bonchev–Trinajstić information content (AvgIpc) is 3.50. The second-order valence-electron chi connectivity index (χ2n) is 7.35. The van der Waals surface area contributed by atoms with E-state index in [4.69, 9.17) is 25.5 Å². The van der Waals surface area contributed by atoms with E-state index in [2.05, 4.69) is 0 Å². The second kappa shape index (κ2) is 8.44. The highest BCUT2D eigenvalue weighted by Crippen LogP contribution is 2.40. The van der Waals surface area contributed by atoms with Gasteiger partial charge < -0.3 is 13.9 Å². The molecule has 3 heterocycles. The first-order valence-corrected chi connectivity index (χ1v) is 11.0. The third-order valence-electron chi connectivity index (χ3n) is 5.12. The molecule has 0 N–H and O–H groups in total. The van der Waals surface area contributed by atoms with Gasteiger partial charge in [-0.05, 0) is 47.7 Å². The second-order valence-corrected chi connectivity index (χ2v) is 8.75. The van der Waals surface area contributed by atoms with Crippen molar-refractivity contribution in [2.45, 2.75) is 12.7 Å². The van der Waals surface area contributed by atoms with Crippen LogP contribution in [-0.2, 0) is 17.5 Å². The standard InChI is InChI=1S/C23H13ClF3NO5S/c24-16-9-19-18(31-11-32-19)7-13(16)10-28-21(29)20(34-22(28)30)8-15-4-5-17(33-15)12-2-1-3-14(6-12)23(25,26)27/h1-9H,10-11H2. The van der Waals surface area contributed by atoms with Crippen LogP contribution in [0.4, 0.5) is 18.0 Å². The monoisotopic (exact) mass is 507 g/mol. The summed E-state index contributed by atoms with van der Waals surface area (Å²) >= 11 is 6.99. The summed E-state index contributed by atoms with van der Waals surface area (Å²) in [5.74, 6) is 0.834. The van der Waals surface area contributed by atoms with Crippen LogP contribution in [0.3, 0.4) is 0 Å². The minimum Gasteiger partial charge on any atom is -0.457 e. The van der Waals surface area contributed by atoms with E-state index >= 15 is 0 Å². The van der Waals surface area contributed by atoms with Gasteiger partial charge in [0.15, 0.2) is 11.5 Å². The number of alkyl halides is 3. The van der Waals surface area contributed by atoms with Gasteiger partial charge in [-0.3, -0.25) is 14.5 Å². The van der Waals surface area contributed by atoms with Crippen LogP contribution in [0.5, 0.6) is 11.5 Å². The number of carbonyl (C=O) groups excluding carboxylic acids is 2. The molecule has 2 aliphatic rings. The maximum Gasteiger partial charge on any atom is 0.416 e. The Labute approximate surface area is 199 Å². The number of amides is 2. The van der Waals surface area contributed by atoms with Gasteiger partial charge in [-0.15, -0.1) is 0 Å². The number of halogens is 4. The number of nitrogens with zero attached hydrogens (tertiary/aromatic N) is 1. The van der Waals surface area contributed by atoms with E-state index < -0.39 is 22.9 Å². The number of hydrogen-bond acceptors (Lipinski definition) is 6. The number of thioether (sulfide) groups is 1. The topological polar surface area (TPSA) is 69.0 Å². The molecular weight excluding hydrogens is 495 g/mol. The molecule has 5 rings (SSSR count). The first kappa shape index (κ1) is 22.4. The number of fused-ring (bicyclic) bond motifs is 1. The van der Waals surface area contributed by atoms with Crippen LogP contribution in [0.25, 0.3) is 17.4 Å². The molecule has 0 spiro atoms. The number of carbonyl (C=O) groups is 2. The summed E-state index contributed by atoms with van der Waals surface area (Å²) in [4.78, 5) is 26.5. The summed E-state index contributed by atoms with van der Waals surface area (Å²) < 4.78 is 55.1. The van der Waals surface area contributed by atoms with Gasteiger partial charge in [0.1, 0.15) is 11.5 Å². The molecule has 0 atom stereocenters. The maximum absolute atomic E-state index is 13.0. The van der Waals surface area contributed by atoms with Crippen LogP contribution < -0.4 is 9.47 Å². The fourth-order valence-corrected chi connectivity index (χ4v) is 4.48. The summed E-state index contributed by atoms with van der Waals surface area (Å²) in [6.45, 7) is -0.00379. The first-order valence-electron chi connectivity index (χ1n) is 9.80. The van der Waals surface area contributed by atoms with Crippen LogP contribution in [0.2, 0.25) is 5.02 Å². The van der Waals surface area contributed by atoms with Crippen molar-refractivity contribution in [2.24, 2.45) is 0 Å². The van der Waals surface area contributed by atoms with E-state index in [0.29, 0.717) is 22.1 Å². The molecule has 6 nitrogen and oxygen atoms in total. The van der Waals surface area contributed by atoms with Crippen LogP contribution in [0, 0.1) is 0 Å². The zero-order chi connectivity index (χ0) is 24.0. The quantitative estimate of drug-likeness (QED) is 0.371. The van der Waals surface area contributed by atoms with Crippen molar-refractivity contribution >= 4 is 40.6 Å². The first-order chi connectivity index (χ1) is 16.2. The number of ether oxygens (including phenoxy) is 2. The molecular formula is C23H13ClF3NO5S. The third kappa shape index (κ3) is 4.26. The Balaban J connectivity index is 1.36. The molecule has 34 heavy (non-hydrogen) atoms. The fourth-order valence-electron chi connectivity index (χ4n) is 3.45. The Morgan fingerprint density at radius 1 is 1.06 bits per heavy atom. The smallest absolute Gasteiger partial charge is 0.416 e. The Kier molecular flexibility index (Phi) is 5.57. The largest absolute Gasteiger partial charge is 0.457 e. The molecule has 11 heteroatoms. The SMILES string of the molecule is O=C1SC(=Cc2ccc(-c3cccc(C(F)(F)F)c3)o2)C(=O)N1Cc1cc2c(cc1Cl)OCO2. The van der Waals surface area contributed by atoms with Crippen LogP contribution in [0.15, 0.2) is 57.9 Å². The van der Waals surface area contributed by atoms with Gasteiger partial charge >= 0.3 is 6.18 Å². The molecule has 1 saturated heterocycles. The Hall–Kier alpha value is -3.37. The predicted molar refractivity (Wildman–Crippen MR) is 118 cm³/mol. The summed E-state index contributed by atoms with van der Waals surface area (Å²) in [5, 5.41) is -0.168. The zero-order valence-corrected chi connectivity index (χ0v) is 18.6. The molecule has 0 unspecified atom stereocenters. The number of rotatable bonds is 4. The van der Waals surface area contributed by atoms with E-state index in [9.17, 15) is 22.8 Å². The van der Waals surface area contributed by atoms with E-state index in [1.807, 2.05) is 0 Å². The highest BCUT2D eigenvalue weighted by Gasteiger charge is 2.36. The van der Waals surface area contributed by atoms with Gasteiger partial charge in [0.2, 0.25) is 6.79 Å². The molecule has 2 aliphatic heterocycles. The lowest BCUT2D eigenvalue weighted by atomic mass is 10.1. The fraction of sp³-hybridized carbons (Fsp3) is 0.130. The summed E-state index contributed by atoms with van der Waals surface area (Å²) in [7, 11) is 0. The van der Waals surface area contributed by atoms with E-state index in [0.717, 1.165) is 28.8 Å². The van der Waals surface area contributed by atoms with Gasteiger partial charge in [-0.25, -0.2) is 0 Å². The zero-order valence-electron chi connectivity index (χ0n) is 17.0. The molecule has 0 bridgehead atoms. The van der Waals surface area contributed by atoms with Gasteiger partial charge in [0.25, 0.3) is 11.1 Å². The van der Waals surface area contributed by atoms with Gasteiger partial charge in [0.05, 0.1) is 17.0 Å². The number of furan rings is 1. The van der Waals surface area contributed by atoms with Gasteiger partial charge in [-0.2, -0.15) is 13.2 Å². The summed E-state index contributed by atoms with van der Waals surface area (Å²) in [5.41, 5.74) is -0.0504. The minimum atomic E-state index is -4.48. The Morgan fingerprint density at radius 2 is 1.82 bits per heavy atom. The van der Waals surface area contributed by atoms with Crippen molar-refractivity contribution in [3.8, 4) is 22.8 Å². The van der Waals surface area contributed by atoms with Crippen LogP contribution in [-0.4, -0.2) is 22.8 Å². The molecule has 174 valence electrons. The molecule has 0 radical (unpaired) electrons. The number of imide groups is 1. The Bertz CT molecular complexity index is 1350. The third-order valence-corrected chi connectivity index (χ3v) is 6.38. The van der Waals surface area contributed by atoms with Crippen LogP contribution >= 0.6 is 23.4 Å². The molecule has 1 aromatic heterocycles. The van der Waals surface area contributed by atoms with Crippen molar-refractivity contribution < 1.29 is 36.7 Å². The van der Waals surface area contributed by atoms with E-state index in [-0.39, 0.29) is 35.3 Å². The lowest BCUT2D eigenvalue weighted by molar-refractivity contribution is -0.137. The number of benzene rings is 2. The van der Waals surface area contributed by atoms with Crippen molar-refractivity contribution in [2.75, 3.05) is 6.79 Å². The normalized spacial score (nSPS) is 16.7. The lowest BCUT2D eigenvalue weighted by Gasteiger charge is -2.14.